The zero-order chi connectivity index (χ0) is 16.8. The van der Waals surface area contributed by atoms with Crippen molar-refractivity contribution in [2.45, 2.75) is 0 Å². The van der Waals surface area contributed by atoms with Gasteiger partial charge < -0.3 is 0 Å². The van der Waals surface area contributed by atoms with E-state index in [0.29, 0.717) is 0 Å². The molecule has 0 N–H and O–H groups in total. The number of fused-ring (bicyclic) bond motifs is 3. The number of nitrogens with zero attached hydrogens (tertiary/aromatic N) is 2. The number of aromatic nitrogens is 2. The van der Waals surface area contributed by atoms with E-state index >= 15 is 0 Å². The summed E-state index contributed by atoms with van der Waals surface area (Å²) in [4.78, 5) is 0. The summed E-state index contributed by atoms with van der Waals surface area (Å²) in [5, 5.41) is 4.48. The standard InChI is InChI=1S/C21H14N2OSe/c24-25-20-9-5-4-8-18(20)19-12-15(10-11-21(19)25)16-13-22-23(14-16)17-6-2-1-3-7-17/h1-14H. The molecule has 0 amide bonds. The Labute approximate surface area is 149 Å². The molecule has 0 saturated carbocycles. The number of hydrogen-bond acceptors (Lipinski definition) is 2. The topological polar surface area (TPSA) is 34.9 Å². The van der Waals surface area contributed by atoms with Gasteiger partial charge in [0.2, 0.25) is 0 Å². The van der Waals surface area contributed by atoms with E-state index < -0.39 is 13.8 Å². The molecular weight excluding hydrogens is 375 g/mol. The van der Waals surface area contributed by atoms with Crippen LogP contribution in [-0.4, -0.2) is 23.6 Å². The van der Waals surface area contributed by atoms with Gasteiger partial charge >= 0.3 is 150 Å². The molecule has 5 rings (SSSR count). The molecular formula is C21H14N2OSe. The summed E-state index contributed by atoms with van der Waals surface area (Å²) in [6, 6.07) is 24.3. The van der Waals surface area contributed by atoms with E-state index in [4.69, 9.17) is 0 Å². The third kappa shape index (κ3) is 2.30. The first kappa shape index (κ1) is 14.5. The third-order valence-electron chi connectivity index (χ3n) is 4.49. The van der Waals surface area contributed by atoms with Gasteiger partial charge in [0.15, 0.2) is 0 Å². The minimum atomic E-state index is -2.12. The summed E-state index contributed by atoms with van der Waals surface area (Å²) in [5.74, 6) is 0. The van der Waals surface area contributed by atoms with E-state index in [2.05, 4.69) is 17.2 Å². The average molecular weight is 389 g/mol. The third-order valence-corrected chi connectivity index (χ3v) is 7.66. The van der Waals surface area contributed by atoms with Gasteiger partial charge in [-0.2, -0.15) is 0 Å². The molecule has 0 bridgehead atoms. The molecule has 1 aliphatic heterocycles. The van der Waals surface area contributed by atoms with Gasteiger partial charge in [-0.1, -0.05) is 0 Å². The van der Waals surface area contributed by atoms with Crippen molar-refractivity contribution < 1.29 is 3.83 Å². The zero-order valence-electron chi connectivity index (χ0n) is 13.3. The van der Waals surface area contributed by atoms with E-state index in [9.17, 15) is 3.83 Å². The molecule has 3 aromatic carbocycles. The molecule has 1 aliphatic rings. The Morgan fingerprint density at radius 3 is 2.40 bits per heavy atom. The Kier molecular flexibility index (Phi) is 3.27. The Balaban J connectivity index is 1.60. The van der Waals surface area contributed by atoms with Gasteiger partial charge in [-0.15, -0.1) is 0 Å². The van der Waals surface area contributed by atoms with Crippen molar-refractivity contribution in [1.82, 2.24) is 9.78 Å². The zero-order valence-corrected chi connectivity index (χ0v) is 15.0. The van der Waals surface area contributed by atoms with Gasteiger partial charge in [0.05, 0.1) is 0 Å². The fourth-order valence-electron chi connectivity index (χ4n) is 3.24. The summed E-state index contributed by atoms with van der Waals surface area (Å²) >= 11 is -2.12. The minimum absolute atomic E-state index is 0.986. The van der Waals surface area contributed by atoms with E-state index in [1.54, 1.807) is 0 Å². The van der Waals surface area contributed by atoms with Crippen molar-refractivity contribution in [3.63, 3.8) is 0 Å². The second-order valence-electron chi connectivity index (χ2n) is 5.98. The first-order chi connectivity index (χ1) is 12.3. The maximum absolute atomic E-state index is 12.7. The van der Waals surface area contributed by atoms with E-state index in [-0.39, 0.29) is 0 Å². The SMILES string of the molecule is O=[Se]1c2ccccc2-c2cc(-c3cnn(-c4ccccc4)c3)ccc21. The molecule has 4 aromatic rings. The monoisotopic (exact) mass is 390 g/mol. The predicted octanol–water partition coefficient (Wildman–Crippen LogP) is 3.06. The van der Waals surface area contributed by atoms with Crippen molar-refractivity contribution in [2.24, 2.45) is 0 Å². The van der Waals surface area contributed by atoms with Crippen LogP contribution in [0.5, 0.6) is 0 Å². The van der Waals surface area contributed by atoms with Crippen molar-refractivity contribution in [1.29, 1.82) is 0 Å². The second-order valence-corrected chi connectivity index (χ2v) is 8.96. The summed E-state index contributed by atoms with van der Waals surface area (Å²) in [5.41, 5.74) is 5.39. The number of hydrogen-bond donors (Lipinski definition) is 0. The number of para-hydroxylation sites is 1. The van der Waals surface area contributed by atoms with Gasteiger partial charge in [-0.05, 0) is 0 Å². The number of benzene rings is 3. The molecule has 3 nitrogen and oxygen atoms in total. The Hall–Kier alpha value is -2.81. The molecule has 25 heavy (non-hydrogen) atoms. The van der Waals surface area contributed by atoms with Crippen LogP contribution in [0.2, 0.25) is 0 Å². The molecule has 0 spiro atoms. The van der Waals surface area contributed by atoms with Crippen molar-refractivity contribution in [2.75, 3.05) is 0 Å². The van der Waals surface area contributed by atoms with E-state index in [1.165, 1.54) is 0 Å². The normalized spacial score (nSPS) is 15.0. The Morgan fingerprint density at radius 2 is 1.52 bits per heavy atom. The summed E-state index contributed by atoms with van der Waals surface area (Å²) in [7, 11) is 0. The van der Waals surface area contributed by atoms with Gasteiger partial charge in [0.1, 0.15) is 0 Å². The van der Waals surface area contributed by atoms with Crippen molar-refractivity contribution in [3.8, 4) is 27.9 Å². The van der Waals surface area contributed by atoms with Gasteiger partial charge in [-0.3, -0.25) is 0 Å². The molecule has 0 radical (unpaired) electrons. The second kappa shape index (κ2) is 5.62. The van der Waals surface area contributed by atoms with Crippen LogP contribution in [0.15, 0.2) is 85.2 Å². The Morgan fingerprint density at radius 1 is 0.760 bits per heavy atom. The molecule has 1 aromatic heterocycles. The quantitative estimate of drug-likeness (QED) is 0.435. The molecule has 0 saturated heterocycles. The molecule has 0 aliphatic carbocycles. The molecule has 2 heterocycles. The predicted molar refractivity (Wildman–Crippen MR) is 100 cm³/mol. The van der Waals surface area contributed by atoms with Gasteiger partial charge in [-0.25, -0.2) is 0 Å². The molecule has 4 heteroatoms. The van der Waals surface area contributed by atoms with Crippen LogP contribution in [0.1, 0.15) is 0 Å². The van der Waals surface area contributed by atoms with Crippen LogP contribution in [-0.2, 0) is 3.83 Å². The van der Waals surface area contributed by atoms with Crippen LogP contribution < -0.4 is 8.92 Å². The fraction of sp³-hybridized carbons (Fsp3) is 0. The van der Waals surface area contributed by atoms with Crippen LogP contribution in [0.25, 0.3) is 27.9 Å². The first-order valence-corrected chi connectivity index (χ1v) is 10.5. The van der Waals surface area contributed by atoms with E-state index in [1.807, 2.05) is 77.7 Å². The summed E-state index contributed by atoms with van der Waals surface area (Å²) in [6.45, 7) is 0. The summed E-state index contributed by atoms with van der Waals surface area (Å²) in [6.07, 6.45) is 3.91. The average Bonchev–Trinajstić information content (AvgIpc) is 3.27. The van der Waals surface area contributed by atoms with Crippen LogP contribution in [0.4, 0.5) is 0 Å². The van der Waals surface area contributed by atoms with Crippen molar-refractivity contribution >= 4 is 22.8 Å². The first-order valence-electron chi connectivity index (χ1n) is 8.07. The maximum atomic E-state index is 12.7. The number of rotatable bonds is 2. The molecule has 1 atom stereocenters. The van der Waals surface area contributed by atoms with Crippen LogP contribution in [0, 0.1) is 0 Å². The Bertz CT molecular complexity index is 1120. The summed E-state index contributed by atoms with van der Waals surface area (Å²) < 4.78 is 16.6. The molecule has 0 fully saturated rings. The van der Waals surface area contributed by atoms with Gasteiger partial charge in [0, 0.05) is 0 Å². The van der Waals surface area contributed by atoms with Gasteiger partial charge in [0.25, 0.3) is 0 Å². The van der Waals surface area contributed by atoms with Crippen LogP contribution in [0.3, 0.4) is 0 Å². The molecule has 1 unspecified atom stereocenters. The fourth-order valence-corrected chi connectivity index (χ4v) is 6.13. The van der Waals surface area contributed by atoms with Crippen molar-refractivity contribution in [3.05, 3.63) is 85.2 Å². The molecule has 120 valence electrons. The van der Waals surface area contributed by atoms with Crippen LogP contribution >= 0.6 is 0 Å². The van der Waals surface area contributed by atoms with E-state index in [0.717, 1.165) is 36.9 Å².